The zero-order valence-electron chi connectivity index (χ0n) is 13.3. The molecule has 6 heteroatoms. The summed E-state index contributed by atoms with van der Waals surface area (Å²) in [5, 5.41) is 0. The van der Waals surface area contributed by atoms with E-state index >= 15 is 0 Å². The maximum absolute atomic E-state index is 13.3. The van der Waals surface area contributed by atoms with E-state index in [4.69, 9.17) is 9.15 Å². The summed E-state index contributed by atoms with van der Waals surface area (Å²) in [6.07, 6.45) is 1.56. The molecule has 0 fully saturated rings. The van der Waals surface area contributed by atoms with Crippen molar-refractivity contribution in [3.8, 4) is 17.3 Å². The van der Waals surface area contributed by atoms with E-state index in [1.807, 2.05) is 4.57 Å². The van der Waals surface area contributed by atoms with Gasteiger partial charge in [0.05, 0.1) is 30.0 Å². The molecule has 0 radical (unpaired) electrons. The molecule has 0 unspecified atom stereocenters. The molecule has 0 atom stereocenters. The minimum Gasteiger partial charge on any atom is -0.465 e. The summed E-state index contributed by atoms with van der Waals surface area (Å²) in [7, 11) is 1.33. The van der Waals surface area contributed by atoms with E-state index in [-0.39, 0.29) is 5.82 Å². The second kappa shape index (κ2) is 5.90. The van der Waals surface area contributed by atoms with Crippen molar-refractivity contribution in [2.24, 2.45) is 0 Å². The van der Waals surface area contributed by atoms with E-state index < -0.39 is 5.97 Å². The second-order valence-corrected chi connectivity index (χ2v) is 5.42. The number of furan rings is 1. The van der Waals surface area contributed by atoms with Crippen molar-refractivity contribution in [3.63, 3.8) is 0 Å². The summed E-state index contributed by atoms with van der Waals surface area (Å²) in [6, 6.07) is 14.8. The number of benzene rings is 2. The molecule has 2 heterocycles. The average Bonchev–Trinajstić information content (AvgIpc) is 3.28. The lowest BCUT2D eigenvalue weighted by atomic mass is 10.2. The number of carbonyl (C=O) groups excluding carboxylic acids is 1. The van der Waals surface area contributed by atoms with Gasteiger partial charge in [-0.05, 0) is 54.6 Å². The number of carbonyl (C=O) groups is 1. The number of methoxy groups -OCH3 is 1. The Morgan fingerprint density at radius 2 is 1.96 bits per heavy atom. The van der Waals surface area contributed by atoms with Gasteiger partial charge < -0.3 is 9.15 Å². The molecule has 0 amide bonds. The summed E-state index contributed by atoms with van der Waals surface area (Å²) in [5.74, 6) is 0.382. The Labute approximate surface area is 142 Å². The van der Waals surface area contributed by atoms with E-state index in [1.165, 1.54) is 19.2 Å². The number of ether oxygens (including phenoxy) is 1. The largest absolute Gasteiger partial charge is 0.465 e. The highest BCUT2D eigenvalue weighted by atomic mass is 19.1. The molecule has 25 heavy (non-hydrogen) atoms. The molecule has 4 aromatic rings. The van der Waals surface area contributed by atoms with Crippen LogP contribution < -0.4 is 0 Å². The fraction of sp³-hybridized carbons (Fsp3) is 0.0526. The smallest absolute Gasteiger partial charge is 0.337 e. The molecule has 0 spiro atoms. The van der Waals surface area contributed by atoms with Crippen LogP contribution in [0.3, 0.4) is 0 Å². The number of imidazole rings is 1. The average molecular weight is 336 g/mol. The van der Waals surface area contributed by atoms with E-state index in [1.54, 1.807) is 48.7 Å². The highest BCUT2D eigenvalue weighted by Crippen LogP contribution is 2.29. The summed E-state index contributed by atoms with van der Waals surface area (Å²) in [5.41, 5.74) is 2.52. The van der Waals surface area contributed by atoms with Crippen molar-refractivity contribution in [2.45, 2.75) is 0 Å². The summed E-state index contributed by atoms with van der Waals surface area (Å²) >= 11 is 0. The molecule has 124 valence electrons. The lowest BCUT2D eigenvalue weighted by molar-refractivity contribution is 0.0601. The molecule has 5 nitrogen and oxygen atoms in total. The predicted octanol–water partition coefficient (Wildman–Crippen LogP) is 4.21. The van der Waals surface area contributed by atoms with Gasteiger partial charge in [0.15, 0.2) is 11.6 Å². The number of halogens is 1. The monoisotopic (exact) mass is 336 g/mol. The quantitative estimate of drug-likeness (QED) is 0.526. The lowest BCUT2D eigenvalue weighted by Gasteiger charge is -2.08. The molecule has 2 aromatic carbocycles. The number of esters is 1. The second-order valence-electron chi connectivity index (χ2n) is 5.42. The highest BCUT2D eigenvalue weighted by Gasteiger charge is 2.18. The third-order valence-electron chi connectivity index (χ3n) is 3.90. The molecule has 0 aliphatic carbocycles. The van der Waals surface area contributed by atoms with Gasteiger partial charge in [0, 0.05) is 5.69 Å². The van der Waals surface area contributed by atoms with Gasteiger partial charge in [0.2, 0.25) is 0 Å². The van der Waals surface area contributed by atoms with Gasteiger partial charge in [-0.3, -0.25) is 4.57 Å². The highest BCUT2D eigenvalue weighted by molar-refractivity contribution is 5.94. The third-order valence-corrected chi connectivity index (χ3v) is 3.90. The van der Waals surface area contributed by atoms with Crippen molar-refractivity contribution in [2.75, 3.05) is 7.11 Å². The van der Waals surface area contributed by atoms with Gasteiger partial charge in [0.25, 0.3) is 0 Å². The van der Waals surface area contributed by atoms with E-state index in [9.17, 15) is 9.18 Å². The fourth-order valence-corrected chi connectivity index (χ4v) is 2.75. The molecule has 2 aromatic heterocycles. The molecule has 0 aliphatic rings. The number of hydrogen-bond donors (Lipinski definition) is 0. The molecule has 0 N–H and O–H groups in total. The Balaban J connectivity index is 1.99. The van der Waals surface area contributed by atoms with Crippen LogP contribution in [0.2, 0.25) is 0 Å². The fourth-order valence-electron chi connectivity index (χ4n) is 2.75. The van der Waals surface area contributed by atoms with Crippen molar-refractivity contribution >= 4 is 17.0 Å². The van der Waals surface area contributed by atoms with Gasteiger partial charge in [-0.1, -0.05) is 0 Å². The Kier molecular flexibility index (Phi) is 3.57. The predicted molar refractivity (Wildman–Crippen MR) is 90.1 cm³/mol. The Bertz CT molecular complexity index is 1050. The van der Waals surface area contributed by atoms with Crippen LogP contribution in [0, 0.1) is 5.82 Å². The van der Waals surface area contributed by atoms with Gasteiger partial charge in [0.1, 0.15) is 5.82 Å². The summed E-state index contributed by atoms with van der Waals surface area (Å²) < 4.78 is 25.4. The van der Waals surface area contributed by atoms with Gasteiger partial charge in [-0.15, -0.1) is 0 Å². The van der Waals surface area contributed by atoms with Crippen molar-refractivity contribution < 1.29 is 18.3 Å². The van der Waals surface area contributed by atoms with E-state index in [2.05, 4.69) is 4.98 Å². The number of nitrogens with zero attached hydrogens (tertiary/aromatic N) is 2. The van der Waals surface area contributed by atoms with Crippen LogP contribution >= 0.6 is 0 Å². The minimum atomic E-state index is -0.433. The number of rotatable bonds is 3. The third kappa shape index (κ3) is 2.57. The van der Waals surface area contributed by atoms with Crippen LogP contribution in [0.4, 0.5) is 4.39 Å². The molecule has 0 aliphatic heterocycles. The SMILES string of the molecule is COC(=O)c1ccc2c(c1)nc(-c1ccco1)n2-c1ccc(F)cc1. The van der Waals surface area contributed by atoms with Gasteiger partial charge in [-0.2, -0.15) is 0 Å². The number of hydrogen-bond acceptors (Lipinski definition) is 4. The van der Waals surface area contributed by atoms with E-state index in [0.29, 0.717) is 22.7 Å². The van der Waals surface area contributed by atoms with Gasteiger partial charge in [-0.25, -0.2) is 14.2 Å². The molecule has 0 saturated heterocycles. The number of fused-ring (bicyclic) bond motifs is 1. The summed E-state index contributed by atoms with van der Waals surface area (Å²) in [6.45, 7) is 0. The number of aromatic nitrogens is 2. The minimum absolute atomic E-state index is 0.319. The van der Waals surface area contributed by atoms with Crippen LogP contribution in [0.1, 0.15) is 10.4 Å². The zero-order valence-corrected chi connectivity index (χ0v) is 13.3. The lowest BCUT2D eigenvalue weighted by Crippen LogP contribution is -2.01. The Hall–Kier alpha value is -3.41. The molecule has 0 saturated carbocycles. The van der Waals surface area contributed by atoms with Crippen molar-refractivity contribution in [3.05, 3.63) is 72.2 Å². The van der Waals surface area contributed by atoms with Crippen LogP contribution in [-0.2, 0) is 4.74 Å². The molecular weight excluding hydrogens is 323 g/mol. The molecule has 4 rings (SSSR count). The standard InChI is InChI=1S/C19H13FN2O3/c1-24-19(23)12-4-9-16-15(11-12)21-18(17-3-2-10-25-17)22(16)14-7-5-13(20)6-8-14/h2-11H,1H3. The first kappa shape index (κ1) is 15.1. The van der Waals surface area contributed by atoms with Crippen LogP contribution in [0.5, 0.6) is 0 Å². The zero-order chi connectivity index (χ0) is 17.4. The van der Waals surface area contributed by atoms with Crippen LogP contribution in [-0.4, -0.2) is 22.6 Å². The first-order valence-corrected chi connectivity index (χ1v) is 7.58. The topological polar surface area (TPSA) is 57.3 Å². The Morgan fingerprint density at radius 3 is 2.64 bits per heavy atom. The maximum atomic E-state index is 13.3. The van der Waals surface area contributed by atoms with Crippen molar-refractivity contribution in [1.82, 2.24) is 9.55 Å². The molecular formula is C19H13FN2O3. The Morgan fingerprint density at radius 1 is 1.16 bits per heavy atom. The van der Waals surface area contributed by atoms with Crippen molar-refractivity contribution in [1.29, 1.82) is 0 Å². The maximum Gasteiger partial charge on any atom is 0.337 e. The first-order chi connectivity index (χ1) is 12.2. The normalized spacial score (nSPS) is 11.0. The van der Waals surface area contributed by atoms with E-state index in [0.717, 1.165) is 11.2 Å². The van der Waals surface area contributed by atoms with Crippen LogP contribution in [0.25, 0.3) is 28.3 Å². The van der Waals surface area contributed by atoms with Gasteiger partial charge >= 0.3 is 5.97 Å². The molecule has 0 bridgehead atoms. The van der Waals surface area contributed by atoms with Crippen LogP contribution in [0.15, 0.2) is 65.3 Å². The summed E-state index contributed by atoms with van der Waals surface area (Å²) in [4.78, 5) is 16.4. The first-order valence-electron chi connectivity index (χ1n) is 7.58.